The predicted octanol–water partition coefficient (Wildman–Crippen LogP) is 3.76. The van der Waals surface area contributed by atoms with E-state index in [-0.39, 0.29) is 12.5 Å². The molecule has 1 fully saturated rings. The molecule has 2 aromatic heterocycles. The van der Waals surface area contributed by atoms with Gasteiger partial charge < -0.3 is 9.64 Å². The normalized spacial score (nSPS) is 14.5. The number of ether oxygens (including phenoxy) is 1. The van der Waals surface area contributed by atoms with Crippen LogP contribution in [0.3, 0.4) is 0 Å². The van der Waals surface area contributed by atoms with Crippen LogP contribution in [0.1, 0.15) is 11.3 Å². The molecule has 0 spiro atoms. The fourth-order valence-electron chi connectivity index (χ4n) is 4.62. The molecule has 0 unspecified atom stereocenters. The molecule has 34 heavy (non-hydrogen) atoms. The van der Waals surface area contributed by atoms with Gasteiger partial charge in [-0.05, 0) is 41.8 Å². The number of amides is 1. The van der Waals surface area contributed by atoms with Crippen molar-refractivity contribution in [1.29, 1.82) is 0 Å². The van der Waals surface area contributed by atoms with Crippen molar-refractivity contribution < 1.29 is 9.53 Å². The lowest BCUT2D eigenvalue weighted by Gasteiger charge is -2.34. The second-order valence-corrected chi connectivity index (χ2v) is 8.67. The fourth-order valence-corrected chi connectivity index (χ4v) is 4.62. The summed E-state index contributed by atoms with van der Waals surface area (Å²) in [5, 5.41) is 5.69. The summed E-state index contributed by atoms with van der Waals surface area (Å²) < 4.78 is 6.99. The van der Waals surface area contributed by atoms with Gasteiger partial charge in [-0.15, -0.1) is 0 Å². The van der Waals surface area contributed by atoms with E-state index in [1.807, 2.05) is 48.2 Å². The number of carbonyl (C=O) groups excluding carboxylic acids is 1. The first-order valence-electron chi connectivity index (χ1n) is 11.6. The first-order valence-corrected chi connectivity index (χ1v) is 11.6. The van der Waals surface area contributed by atoms with Crippen molar-refractivity contribution in [2.75, 3.05) is 33.3 Å². The van der Waals surface area contributed by atoms with Gasteiger partial charge in [0.25, 0.3) is 0 Å². The molecule has 3 heterocycles. The molecule has 5 rings (SSSR count). The summed E-state index contributed by atoms with van der Waals surface area (Å²) in [5.74, 6) is 0.950. The summed E-state index contributed by atoms with van der Waals surface area (Å²) in [5.41, 5.74) is 5.11. The van der Waals surface area contributed by atoms with Crippen molar-refractivity contribution in [3.8, 4) is 16.9 Å². The molecule has 0 aliphatic carbocycles. The molecule has 174 valence electrons. The Morgan fingerprint density at radius 1 is 0.971 bits per heavy atom. The maximum absolute atomic E-state index is 13.1. The molecule has 7 nitrogen and oxygen atoms in total. The second kappa shape index (κ2) is 9.65. The molecule has 0 N–H and O–H groups in total. The van der Waals surface area contributed by atoms with Gasteiger partial charge in [-0.3, -0.25) is 9.69 Å². The van der Waals surface area contributed by atoms with E-state index in [0.29, 0.717) is 0 Å². The van der Waals surface area contributed by atoms with Crippen molar-refractivity contribution in [3.63, 3.8) is 0 Å². The van der Waals surface area contributed by atoms with E-state index in [2.05, 4.69) is 39.2 Å². The van der Waals surface area contributed by atoms with Crippen LogP contribution in [-0.2, 0) is 17.9 Å². The van der Waals surface area contributed by atoms with E-state index >= 15 is 0 Å². The number of methoxy groups -OCH3 is 1. The molecule has 7 heteroatoms. The van der Waals surface area contributed by atoms with Crippen LogP contribution in [0, 0.1) is 6.92 Å². The van der Waals surface area contributed by atoms with Gasteiger partial charge in [0, 0.05) is 44.3 Å². The quantitative estimate of drug-likeness (QED) is 0.443. The number of hydrogen-bond donors (Lipinski definition) is 0. The number of pyridine rings is 1. The number of rotatable bonds is 6. The van der Waals surface area contributed by atoms with Crippen LogP contribution in [0.5, 0.6) is 5.75 Å². The lowest BCUT2D eigenvalue weighted by Crippen LogP contribution is -2.49. The van der Waals surface area contributed by atoms with Crippen molar-refractivity contribution in [2.24, 2.45) is 0 Å². The predicted molar refractivity (Wildman–Crippen MR) is 133 cm³/mol. The molecule has 1 amide bonds. The highest BCUT2D eigenvalue weighted by atomic mass is 16.5. The van der Waals surface area contributed by atoms with E-state index in [1.165, 1.54) is 5.56 Å². The number of piperazine rings is 1. The van der Waals surface area contributed by atoms with Gasteiger partial charge in [0.1, 0.15) is 12.3 Å². The molecule has 0 bridgehead atoms. The minimum Gasteiger partial charge on any atom is -0.497 e. The second-order valence-electron chi connectivity index (χ2n) is 8.67. The third-order valence-electron chi connectivity index (χ3n) is 6.47. The van der Waals surface area contributed by atoms with Gasteiger partial charge in [-0.25, -0.2) is 9.67 Å². The summed E-state index contributed by atoms with van der Waals surface area (Å²) in [6, 6.07) is 20.4. The van der Waals surface area contributed by atoms with Crippen molar-refractivity contribution in [1.82, 2.24) is 24.6 Å². The summed E-state index contributed by atoms with van der Waals surface area (Å²) >= 11 is 0. The average Bonchev–Trinajstić information content (AvgIpc) is 3.20. The zero-order valence-corrected chi connectivity index (χ0v) is 19.6. The Kier molecular flexibility index (Phi) is 6.27. The van der Waals surface area contributed by atoms with Crippen LogP contribution >= 0.6 is 0 Å². The number of carbonyl (C=O) groups is 1. The van der Waals surface area contributed by atoms with Gasteiger partial charge in [-0.2, -0.15) is 5.10 Å². The number of aromatic nitrogens is 3. The smallest absolute Gasteiger partial charge is 0.244 e. The molecule has 0 atom stereocenters. The van der Waals surface area contributed by atoms with Gasteiger partial charge in [0.2, 0.25) is 5.91 Å². The van der Waals surface area contributed by atoms with E-state index in [4.69, 9.17) is 4.74 Å². The first-order chi connectivity index (χ1) is 16.6. The summed E-state index contributed by atoms with van der Waals surface area (Å²) in [4.78, 5) is 22.0. The zero-order chi connectivity index (χ0) is 23.5. The highest BCUT2D eigenvalue weighted by Crippen LogP contribution is 2.29. The minimum atomic E-state index is 0.0837. The molecule has 2 aromatic carbocycles. The molecule has 1 aliphatic heterocycles. The number of fused-ring (bicyclic) bond motifs is 1. The van der Waals surface area contributed by atoms with Crippen LogP contribution in [0.2, 0.25) is 0 Å². The third-order valence-corrected chi connectivity index (χ3v) is 6.47. The number of aryl methyl sites for hydroxylation is 1. The van der Waals surface area contributed by atoms with Crippen LogP contribution in [-0.4, -0.2) is 63.8 Å². The Bertz CT molecular complexity index is 1280. The topological polar surface area (TPSA) is 63.5 Å². The lowest BCUT2D eigenvalue weighted by atomic mass is 10.0. The Labute approximate surface area is 199 Å². The largest absolute Gasteiger partial charge is 0.497 e. The first kappa shape index (κ1) is 22.1. The zero-order valence-electron chi connectivity index (χ0n) is 19.6. The standard InChI is InChI=1S/C27H29N5O2/c1-20-26-24(22-6-4-3-5-7-22)12-13-28-27(26)32(29-20)19-25(33)31-16-14-30(15-17-31)18-21-8-10-23(34-2)11-9-21/h3-13H,14-19H2,1-2H3. The van der Waals surface area contributed by atoms with E-state index in [9.17, 15) is 4.79 Å². The number of benzene rings is 2. The summed E-state index contributed by atoms with van der Waals surface area (Å²) in [6.07, 6.45) is 1.80. The van der Waals surface area contributed by atoms with Crippen LogP contribution in [0.4, 0.5) is 0 Å². The Balaban J connectivity index is 1.25. The van der Waals surface area contributed by atoms with Crippen LogP contribution in [0.25, 0.3) is 22.2 Å². The van der Waals surface area contributed by atoms with E-state index < -0.39 is 0 Å². The SMILES string of the molecule is COc1ccc(CN2CCN(C(=O)Cn3nc(C)c4c(-c5ccccc5)ccnc43)CC2)cc1. The monoisotopic (exact) mass is 455 g/mol. The molecule has 0 saturated carbocycles. The molecular formula is C27H29N5O2. The van der Waals surface area contributed by atoms with Gasteiger partial charge >= 0.3 is 0 Å². The molecule has 4 aromatic rings. The van der Waals surface area contributed by atoms with Crippen molar-refractivity contribution in [3.05, 3.63) is 78.1 Å². The minimum absolute atomic E-state index is 0.0837. The Morgan fingerprint density at radius 3 is 2.41 bits per heavy atom. The van der Waals surface area contributed by atoms with Gasteiger partial charge in [-0.1, -0.05) is 42.5 Å². The lowest BCUT2D eigenvalue weighted by molar-refractivity contribution is -0.133. The molecule has 1 aliphatic rings. The number of hydrogen-bond acceptors (Lipinski definition) is 5. The van der Waals surface area contributed by atoms with Crippen molar-refractivity contribution in [2.45, 2.75) is 20.0 Å². The van der Waals surface area contributed by atoms with Crippen LogP contribution in [0.15, 0.2) is 66.9 Å². The molecule has 1 saturated heterocycles. The summed E-state index contributed by atoms with van der Waals surface area (Å²) in [7, 11) is 1.68. The average molecular weight is 456 g/mol. The number of nitrogens with zero attached hydrogens (tertiary/aromatic N) is 5. The van der Waals surface area contributed by atoms with Crippen LogP contribution < -0.4 is 4.74 Å². The molecular weight excluding hydrogens is 426 g/mol. The summed E-state index contributed by atoms with van der Waals surface area (Å²) in [6.45, 7) is 6.20. The fraction of sp³-hybridized carbons (Fsp3) is 0.296. The Morgan fingerprint density at radius 2 is 1.71 bits per heavy atom. The van der Waals surface area contributed by atoms with Gasteiger partial charge in [0.15, 0.2) is 5.65 Å². The van der Waals surface area contributed by atoms with Gasteiger partial charge in [0.05, 0.1) is 12.8 Å². The van der Waals surface area contributed by atoms with E-state index in [1.54, 1.807) is 18.0 Å². The maximum Gasteiger partial charge on any atom is 0.244 e. The van der Waals surface area contributed by atoms with E-state index in [0.717, 1.165) is 66.3 Å². The highest BCUT2D eigenvalue weighted by Gasteiger charge is 2.23. The maximum atomic E-state index is 13.1. The van der Waals surface area contributed by atoms with Crippen molar-refractivity contribution >= 4 is 16.9 Å². The highest BCUT2D eigenvalue weighted by molar-refractivity contribution is 5.95. The molecule has 0 radical (unpaired) electrons. The third kappa shape index (κ3) is 4.52. The Hall–Kier alpha value is -3.71.